The molecule has 0 aliphatic carbocycles. The van der Waals surface area contributed by atoms with Crippen LogP contribution in [0.2, 0.25) is 0 Å². The van der Waals surface area contributed by atoms with E-state index >= 15 is 0 Å². The first-order valence-corrected chi connectivity index (χ1v) is 12.0. The van der Waals surface area contributed by atoms with Gasteiger partial charge in [-0.15, -0.1) is 0 Å². The lowest BCUT2D eigenvalue weighted by Gasteiger charge is -2.27. The average molecular weight is 498 g/mol. The van der Waals surface area contributed by atoms with E-state index in [1.165, 1.54) is 13.2 Å². The number of alkyl halides is 3. The zero-order valence-electron chi connectivity index (χ0n) is 20.4. The smallest absolute Gasteiger partial charge is 0.417 e. The van der Waals surface area contributed by atoms with Crippen molar-refractivity contribution < 1.29 is 28.1 Å². The molecule has 2 N–H and O–H groups in total. The molecule has 0 atom stereocenters. The normalized spacial score (nSPS) is 15.5. The maximum Gasteiger partial charge on any atom is 0.417 e. The van der Waals surface area contributed by atoms with Crippen molar-refractivity contribution in [2.45, 2.75) is 38.9 Å². The Balaban J connectivity index is 1.81. The lowest BCUT2D eigenvalue weighted by molar-refractivity contribution is -0.138. The minimum Gasteiger partial charge on any atom is -0.504 e. The topological polar surface area (TPSA) is 52.9 Å². The van der Waals surface area contributed by atoms with E-state index in [0.29, 0.717) is 17.7 Å². The third-order valence-electron chi connectivity index (χ3n) is 6.72. The SMILES string of the molecule is COc1cc(/C(O)=C(\O)c2cccc(-c3ccccc3)c2C)c(C(F)(F)F)cc1CN1CCCCC1. The van der Waals surface area contributed by atoms with E-state index in [1.807, 2.05) is 36.4 Å². The van der Waals surface area contributed by atoms with Gasteiger partial charge >= 0.3 is 6.18 Å². The zero-order chi connectivity index (χ0) is 25.9. The molecule has 0 spiro atoms. The summed E-state index contributed by atoms with van der Waals surface area (Å²) in [6, 6.07) is 16.8. The van der Waals surface area contributed by atoms with Gasteiger partial charge in [0, 0.05) is 23.2 Å². The van der Waals surface area contributed by atoms with Gasteiger partial charge in [-0.2, -0.15) is 13.2 Å². The lowest BCUT2D eigenvalue weighted by atomic mass is 9.93. The maximum absolute atomic E-state index is 14.2. The minimum atomic E-state index is -4.74. The van der Waals surface area contributed by atoms with Crippen LogP contribution in [-0.4, -0.2) is 35.3 Å². The first-order chi connectivity index (χ1) is 17.2. The minimum absolute atomic E-state index is 0.234. The monoisotopic (exact) mass is 497 g/mol. The third-order valence-corrected chi connectivity index (χ3v) is 6.72. The highest BCUT2D eigenvalue weighted by atomic mass is 19.4. The predicted octanol–water partition coefficient (Wildman–Crippen LogP) is 7.62. The molecule has 3 aromatic rings. The molecule has 3 aromatic carbocycles. The largest absolute Gasteiger partial charge is 0.504 e. The van der Waals surface area contributed by atoms with Crippen LogP contribution in [0.4, 0.5) is 13.2 Å². The molecule has 0 aromatic heterocycles. The average Bonchev–Trinajstić information content (AvgIpc) is 2.88. The van der Waals surface area contributed by atoms with Gasteiger partial charge < -0.3 is 14.9 Å². The van der Waals surface area contributed by atoms with Gasteiger partial charge in [0.15, 0.2) is 11.5 Å². The molecule has 1 saturated heterocycles. The predicted molar refractivity (Wildman–Crippen MR) is 136 cm³/mol. The molecule has 0 bridgehead atoms. The summed E-state index contributed by atoms with van der Waals surface area (Å²) in [5, 5.41) is 22.0. The quantitative estimate of drug-likeness (QED) is 0.272. The molecule has 0 radical (unpaired) electrons. The third kappa shape index (κ3) is 5.36. The second kappa shape index (κ2) is 10.7. The van der Waals surface area contributed by atoms with Crippen LogP contribution in [0.25, 0.3) is 22.6 Å². The van der Waals surface area contributed by atoms with Gasteiger partial charge in [-0.1, -0.05) is 55.0 Å². The molecule has 1 heterocycles. The zero-order valence-corrected chi connectivity index (χ0v) is 20.4. The number of likely N-dealkylation sites (tertiary alicyclic amines) is 1. The molecule has 7 heteroatoms. The van der Waals surface area contributed by atoms with Gasteiger partial charge in [0.25, 0.3) is 0 Å². The Morgan fingerprint density at radius 2 is 1.56 bits per heavy atom. The molecular weight excluding hydrogens is 467 g/mol. The molecule has 0 unspecified atom stereocenters. The first-order valence-electron chi connectivity index (χ1n) is 12.0. The summed E-state index contributed by atoms with van der Waals surface area (Å²) in [6.07, 6.45) is -1.62. The fourth-order valence-corrected chi connectivity index (χ4v) is 4.80. The van der Waals surface area contributed by atoms with Gasteiger partial charge in [-0.25, -0.2) is 0 Å². The van der Waals surface area contributed by atoms with Crippen molar-refractivity contribution in [2.24, 2.45) is 0 Å². The van der Waals surface area contributed by atoms with Crippen molar-refractivity contribution in [3.63, 3.8) is 0 Å². The summed E-state index contributed by atoms with van der Waals surface area (Å²) in [5.74, 6) is -1.24. The van der Waals surface area contributed by atoms with E-state index in [-0.39, 0.29) is 11.3 Å². The summed E-state index contributed by atoms with van der Waals surface area (Å²) in [6.45, 7) is 3.71. The number of rotatable bonds is 6. The summed E-state index contributed by atoms with van der Waals surface area (Å²) >= 11 is 0. The van der Waals surface area contributed by atoms with Crippen molar-refractivity contribution in [3.8, 4) is 16.9 Å². The number of hydrogen-bond acceptors (Lipinski definition) is 4. The van der Waals surface area contributed by atoms with E-state index in [4.69, 9.17) is 4.74 Å². The van der Waals surface area contributed by atoms with Crippen LogP contribution in [0.1, 0.15) is 47.1 Å². The van der Waals surface area contributed by atoms with Crippen molar-refractivity contribution in [3.05, 3.63) is 88.5 Å². The van der Waals surface area contributed by atoms with Crippen molar-refractivity contribution in [2.75, 3.05) is 20.2 Å². The van der Waals surface area contributed by atoms with Crippen LogP contribution in [0, 0.1) is 6.92 Å². The molecule has 0 amide bonds. The number of halogens is 3. The Bertz CT molecular complexity index is 1250. The fourth-order valence-electron chi connectivity index (χ4n) is 4.80. The number of aliphatic hydroxyl groups is 2. The van der Waals surface area contributed by atoms with Gasteiger partial charge in [-0.05, 0) is 61.7 Å². The number of ether oxygens (including phenoxy) is 1. The summed E-state index contributed by atoms with van der Waals surface area (Å²) in [5.41, 5.74) is 1.43. The van der Waals surface area contributed by atoms with Crippen LogP contribution < -0.4 is 4.74 Å². The molecular formula is C29H30F3NO3. The van der Waals surface area contributed by atoms with Gasteiger partial charge in [0.1, 0.15) is 5.75 Å². The van der Waals surface area contributed by atoms with Crippen LogP contribution >= 0.6 is 0 Å². The molecule has 1 aliphatic heterocycles. The highest BCUT2D eigenvalue weighted by molar-refractivity contribution is 5.87. The van der Waals surface area contributed by atoms with E-state index in [9.17, 15) is 23.4 Å². The molecule has 0 saturated carbocycles. The number of nitrogens with zero attached hydrogens (tertiary/aromatic N) is 1. The van der Waals surface area contributed by atoms with E-state index < -0.39 is 28.8 Å². The van der Waals surface area contributed by atoms with Gasteiger partial charge in [0.2, 0.25) is 0 Å². The lowest BCUT2D eigenvalue weighted by Crippen LogP contribution is -2.29. The Labute approximate surface area is 209 Å². The number of benzene rings is 3. The second-order valence-corrected chi connectivity index (χ2v) is 9.09. The summed E-state index contributed by atoms with van der Waals surface area (Å²) in [7, 11) is 1.39. The molecule has 4 rings (SSSR count). The standard InChI is InChI=1S/C29H30F3NO3/c1-19-22(20-10-5-3-6-11-20)12-9-13-23(19)27(34)28(35)24-17-26(36-2)21(16-25(24)29(30,31)32)18-33-14-7-4-8-15-33/h3,5-6,9-13,16-17,34-35H,4,7-8,14-15,18H2,1-2H3/b28-27+. The highest BCUT2D eigenvalue weighted by Gasteiger charge is 2.36. The second-order valence-electron chi connectivity index (χ2n) is 9.09. The van der Waals surface area contributed by atoms with E-state index in [1.54, 1.807) is 19.1 Å². The van der Waals surface area contributed by atoms with Crippen LogP contribution in [0.3, 0.4) is 0 Å². The van der Waals surface area contributed by atoms with Gasteiger partial charge in [0.05, 0.1) is 12.7 Å². The number of aliphatic hydroxyl groups excluding tert-OH is 2. The van der Waals surface area contributed by atoms with Crippen molar-refractivity contribution in [1.29, 1.82) is 0 Å². The van der Waals surface area contributed by atoms with Crippen molar-refractivity contribution in [1.82, 2.24) is 4.90 Å². The van der Waals surface area contributed by atoms with Gasteiger partial charge in [-0.3, -0.25) is 4.90 Å². The Morgan fingerprint density at radius 1 is 0.889 bits per heavy atom. The maximum atomic E-state index is 14.2. The summed E-state index contributed by atoms with van der Waals surface area (Å²) in [4.78, 5) is 2.10. The molecule has 190 valence electrons. The molecule has 1 fully saturated rings. The highest BCUT2D eigenvalue weighted by Crippen LogP contribution is 2.41. The van der Waals surface area contributed by atoms with Crippen molar-refractivity contribution >= 4 is 11.5 Å². The van der Waals surface area contributed by atoms with Crippen LogP contribution in [0.5, 0.6) is 5.75 Å². The number of piperidine rings is 1. The Kier molecular flexibility index (Phi) is 7.59. The van der Waals surface area contributed by atoms with E-state index in [0.717, 1.165) is 49.5 Å². The molecule has 1 aliphatic rings. The first kappa shape index (κ1) is 25.6. The fraction of sp³-hybridized carbons (Fsp3) is 0.310. The van der Waals surface area contributed by atoms with E-state index in [2.05, 4.69) is 4.90 Å². The number of hydrogen-bond donors (Lipinski definition) is 2. The molecule has 36 heavy (non-hydrogen) atoms. The Morgan fingerprint density at radius 3 is 2.19 bits per heavy atom. The van der Waals surface area contributed by atoms with Crippen LogP contribution in [-0.2, 0) is 12.7 Å². The van der Waals surface area contributed by atoms with Crippen LogP contribution in [0.15, 0.2) is 60.7 Å². The summed E-state index contributed by atoms with van der Waals surface area (Å²) < 4.78 is 47.9. The Hall–Kier alpha value is -3.45. The molecule has 4 nitrogen and oxygen atoms in total. The number of methoxy groups -OCH3 is 1.